The minimum Gasteiger partial charge on any atom is -0.511 e. The van der Waals surface area contributed by atoms with Gasteiger partial charge in [-0.1, -0.05) is 32.1 Å². The number of carbonyl (C=O) groups is 3. The SMILES string of the molecule is C=CCC(O)c1ccc(OC)c(-c2ccc(O)c3c2C[C@]2(C)C[C@]4(C)CC(O)=C(C(C)=O)C(=O)[C@]4(O)C(O)=C2C3=O)c1. The van der Waals surface area contributed by atoms with Crippen LogP contribution in [0, 0.1) is 10.8 Å². The van der Waals surface area contributed by atoms with Gasteiger partial charge in [-0.25, -0.2) is 0 Å². The number of aliphatic hydroxyl groups is 4. The van der Waals surface area contributed by atoms with Crippen LogP contribution in [-0.4, -0.2) is 55.6 Å². The molecule has 4 atom stereocenters. The van der Waals surface area contributed by atoms with Crippen LogP contribution < -0.4 is 4.74 Å². The largest absolute Gasteiger partial charge is 0.511 e. The van der Waals surface area contributed by atoms with Crippen molar-refractivity contribution in [2.75, 3.05) is 7.11 Å². The maximum absolute atomic E-state index is 14.2. The lowest BCUT2D eigenvalue weighted by atomic mass is 9.48. The summed E-state index contributed by atoms with van der Waals surface area (Å²) < 4.78 is 5.61. The molecule has 1 unspecified atom stereocenters. The van der Waals surface area contributed by atoms with E-state index in [2.05, 4.69) is 6.58 Å². The summed E-state index contributed by atoms with van der Waals surface area (Å²) in [5, 5.41) is 55.6. The number of rotatable bonds is 6. The summed E-state index contributed by atoms with van der Waals surface area (Å²) in [6.45, 7) is 8.02. The third-order valence-electron chi connectivity index (χ3n) is 9.19. The number of hydrogen-bond donors (Lipinski definition) is 5. The first-order chi connectivity index (χ1) is 19.6. The predicted molar refractivity (Wildman–Crippen MR) is 153 cm³/mol. The molecule has 9 nitrogen and oxygen atoms in total. The highest BCUT2D eigenvalue weighted by Gasteiger charge is 2.67. The zero-order valence-electron chi connectivity index (χ0n) is 23.9. The Bertz CT molecular complexity index is 1650. The molecule has 0 fully saturated rings. The van der Waals surface area contributed by atoms with Gasteiger partial charge in [-0.2, -0.15) is 0 Å². The number of aromatic hydroxyl groups is 1. The fourth-order valence-corrected chi connectivity index (χ4v) is 7.34. The number of ketones is 3. The number of fused-ring (bicyclic) bond motifs is 3. The first-order valence-electron chi connectivity index (χ1n) is 13.7. The molecule has 0 radical (unpaired) electrons. The topological polar surface area (TPSA) is 162 Å². The van der Waals surface area contributed by atoms with E-state index in [4.69, 9.17) is 4.74 Å². The van der Waals surface area contributed by atoms with E-state index in [1.807, 2.05) is 0 Å². The fourth-order valence-electron chi connectivity index (χ4n) is 7.34. The lowest BCUT2D eigenvalue weighted by Gasteiger charge is -2.56. The first kappa shape index (κ1) is 29.3. The number of phenols is 1. The minimum atomic E-state index is -2.63. The molecule has 3 aliphatic rings. The molecule has 0 aromatic heterocycles. The molecule has 0 heterocycles. The summed E-state index contributed by atoms with van der Waals surface area (Å²) >= 11 is 0. The average molecular weight is 575 g/mol. The number of allylic oxidation sites excluding steroid dienone is 2. The van der Waals surface area contributed by atoms with Gasteiger partial charge in [0.1, 0.15) is 28.6 Å². The second-order valence-electron chi connectivity index (χ2n) is 12.1. The monoisotopic (exact) mass is 574 g/mol. The maximum Gasteiger partial charge on any atom is 0.209 e. The molecule has 0 saturated carbocycles. The highest BCUT2D eigenvalue weighted by molar-refractivity contribution is 6.25. The van der Waals surface area contributed by atoms with E-state index >= 15 is 0 Å². The minimum absolute atomic E-state index is 0.00756. The van der Waals surface area contributed by atoms with Gasteiger partial charge in [-0.05, 0) is 61.1 Å². The number of methoxy groups -OCH3 is 1. The summed E-state index contributed by atoms with van der Waals surface area (Å²) in [6.07, 6.45) is 0.921. The lowest BCUT2D eigenvalue weighted by Crippen LogP contribution is -2.63. The van der Waals surface area contributed by atoms with Crippen molar-refractivity contribution in [3.8, 4) is 22.6 Å². The van der Waals surface area contributed by atoms with E-state index in [0.717, 1.165) is 6.92 Å². The Morgan fingerprint density at radius 3 is 2.40 bits per heavy atom. The van der Waals surface area contributed by atoms with Gasteiger partial charge in [0.2, 0.25) is 5.78 Å². The molecule has 42 heavy (non-hydrogen) atoms. The van der Waals surface area contributed by atoms with Gasteiger partial charge in [-0.15, -0.1) is 6.58 Å². The molecule has 0 saturated heterocycles. The Labute approximate surface area is 243 Å². The van der Waals surface area contributed by atoms with Gasteiger partial charge < -0.3 is 30.3 Å². The van der Waals surface area contributed by atoms with Crippen molar-refractivity contribution in [2.45, 2.75) is 58.2 Å². The third-order valence-corrected chi connectivity index (χ3v) is 9.19. The van der Waals surface area contributed by atoms with Crippen molar-refractivity contribution in [1.82, 2.24) is 0 Å². The van der Waals surface area contributed by atoms with Gasteiger partial charge >= 0.3 is 0 Å². The summed E-state index contributed by atoms with van der Waals surface area (Å²) in [5.41, 5.74) is -3.96. The number of benzene rings is 2. The zero-order chi connectivity index (χ0) is 30.9. The van der Waals surface area contributed by atoms with Crippen LogP contribution in [0.4, 0.5) is 0 Å². The van der Waals surface area contributed by atoms with E-state index in [9.17, 15) is 39.9 Å². The highest BCUT2D eigenvalue weighted by Crippen LogP contribution is 2.62. The normalized spacial score (nSPS) is 27.7. The van der Waals surface area contributed by atoms with Crippen molar-refractivity contribution in [3.05, 3.63) is 82.3 Å². The summed E-state index contributed by atoms with van der Waals surface area (Å²) in [5.74, 6) is -3.92. The molecule has 2 aromatic rings. The predicted octanol–water partition coefficient (Wildman–Crippen LogP) is 4.75. The molecule has 5 rings (SSSR count). The van der Waals surface area contributed by atoms with E-state index in [1.54, 1.807) is 37.3 Å². The van der Waals surface area contributed by atoms with E-state index < -0.39 is 57.0 Å². The van der Waals surface area contributed by atoms with Crippen LogP contribution in [-0.2, 0) is 16.0 Å². The Balaban J connectivity index is 1.75. The van der Waals surface area contributed by atoms with Crippen molar-refractivity contribution < 1.29 is 44.7 Å². The second kappa shape index (κ2) is 9.68. The van der Waals surface area contributed by atoms with Gasteiger partial charge in [0.05, 0.1) is 18.8 Å². The molecule has 220 valence electrons. The van der Waals surface area contributed by atoms with Crippen LogP contribution in [0.15, 0.2) is 65.7 Å². The molecular formula is C33H34O9. The Hall–Kier alpha value is -4.21. The van der Waals surface area contributed by atoms with Crippen LogP contribution in [0.1, 0.15) is 67.6 Å². The molecule has 9 heteroatoms. The Kier molecular flexibility index (Phi) is 6.75. The molecule has 5 N–H and O–H groups in total. The molecule has 2 aromatic carbocycles. The van der Waals surface area contributed by atoms with Crippen molar-refractivity contribution in [2.24, 2.45) is 10.8 Å². The smallest absolute Gasteiger partial charge is 0.209 e. The lowest BCUT2D eigenvalue weighted by molar-refractivity contribution is -0.158. The zero-order valence-corrected chi connectivity index (χ0v) is 23.9. The van der Waals surface area contributed by atoms with E-state index in [0.29, 0.717) is 34.4 Å². The molecule has 0 amide bonds. The van der Waals surface area contributed by atoms with Gasteiger partial charge in [0.25, 0.3) is 0 Å². The quantitative estimate of drug-likeness (QED) is 0.242. The number of carbonyl (C=O) groups excluding carboxylic acids is 3. The Morgan fingerprint density at radius 1 is 1.10 bits per heavy atom. The number of aliphatic hydroxyl groups excluding tert-OH is 3. The van der Waals surface area contributed by atoms with Crippen LogP contribution in [0.2, 0.25) is 0 Å². The Morgan fingerprint density at radius 2 is 1.79 bits per heavy atom. The van der Waals surface area contributed by atoms with Crippen LogP contribution in [0.5, 0.6) is 11.5 Å². The maximum atomic E-state index is 14.2. The molecular weight excluding hydrogens is 540 g/mol. The van der Waals surface area contributed by atoms with Crippen molar-refractivity contribution >= 4 is 17.3 Å². The van der Waals surface area contributed by atoms with Gasteiger partial charge in [0.15, 0.2) is 17.2 Å². The van der Waals surface area contributed by atoms with Gasteiger partial charge in [0, 0.05) is 28.4 Å². The number of phenolic OH excluding ortho intramolecular Hbond substituents is 1. The average Bonchev–Trinajstić information content (AvgIpc) is 2.90. The number of Topliss-reactive ketones (excluding diaryl/α,β-unsaturated/α-hetero) is 3. The van der Waals surface area contributed by atoms with E-state index in [-0.39, 0.29) is 36.1 Å². The summed E-state index contributed by atoms with van der Waals surface area (Å²) in [4.78, 5) is 39.9. The second-order valence-corrected chi connectivity index (χ2v) is 12.1. The molecule has 0 aliphatic heterocycles. The van der Waals surface area contributed by atoms with Crippen LogP contribution in [0.3, 0.4) is 0 Å². The molecule has 0 spiro atoms. The first-order valence-corrected chi connectivity index (χ1v) is 13.7. The van der Waals surface area contributed by atoms with Crippen LogP contribution in [0.25, 0.3) is 11.1 Å². The highest BCUT2D eigenvalue weighted by atomic mass is 16.5. The summed E-state index contributed by atoms with van der Waals surface area (Å²) in [6, 6.07) is 8.19. The van der Waals surface area contributed by atoms with Crippen molar-refractivity contribution in [1.29, 1.82) is 0 Å². The third kappa shape index (κ3) is 3.87. The fraction of sp³-hybridized carbons (Fsp3) is 0.364. The van der Waals surface area contributed by atoms with Gasteiger partial charge in [-0.3, -0.25) is 14.4 Å². The molecule has 0 bridgehead atoms. The van der Waals surface area contributed by atoms with Crippen molar-refractivity contribution in [3.63, 3.8) is 0 Å². The molecule has 3 aliphatic carbocycles. The number of hydrogen-bond acceptors (Lipinski definition) is 9. The number of ether oxygens (including phenoxy) is 1. The van der Waals surface area contributed by atoms with Crippen LogP contribution >= 0.6 is 0 Å². The standard InChI is InChI=1S/C33H34O9/c1-6-7-21(35)17-8-11-24(42-5)19(12-17)18-9-10-22(36)26-20(18)13-31(3)15-32(4)14-23(37)25(16(2)34)29(39)33(32,41)30(40)27(31)28(26)38/h6,8-12,21,35-37,40-41H,1,7,13-15H2,2-5H3/t21?,31-,32+,33+/m1/s1. The summed E-state index contributed by atoms with van der Waals surface area (Å²) in [7, 11) is 1.50. The van der Waals surface area contributed by atoms with E-state index in [1.165, 1.54) is 20.1 Å².